The smallest absolute Gasteiger partial charge is 0.252 e. The molecule has 1 N–H and O–H groups in total. The predicted octanol–water partition coefficient (Wildman–Crippen LogP) is 2.58. The highest BCUT2D eigenvalue weighted by Gasteiger charge is 2.19. The van der Waals surface area contributed by atoms with E-state index in [4.69, 9.17) is 4.74 Å². The van der Waals surface area contributed by atoms with Gasteiger partial charge in [-0.3, -0.25) is 4.79 Å². The summed E-state index contributed by atoms with van der Waals surface area (Å²) in [5, 5.41) is 14.2. The van der Waals surface area contributed by atoms with Crippen LogP contribution in [0.1, 0.15) is 37.9 Å². The normalized spacial score (nSPS) is 11.4. The molecule has 27 heavy (non-hydrogen) atoms. The molecule has 0 unspecified atom stereocenters. The SMILES string of the molecule is COc1ccc([C@H](NC(=O)c2ccccc2C(=O)[O-])c2ccccc2)cc1. The molecule has 0 aliphatic rings. The van der Waals surface area contributed by atoms with Gasteiger partial charge in [-0.25, -0.2) is 0 Å². The quantitative estimate of drug-likeness (QED) is 0.733. The highest BCUT2D eigenvalue weighted by molar-refractivity contribution is 6.04. The maximum atomic E-state index is 12.8. The molecule has 0 heterocycles. The molecule has 0 saturated heterocycles. The van der Waals surface area contributed by atoms with Gasteiger partial charge in [-0.2, -0.15) is 0 Å². The maximum absolute atomic E-state index is 12.8. The number of carboxylic acid groups (broad SMARTS) is 1. The number of aromatic carboxylic acids is 1. The summed E-state index contributed by atoms with van der Waals surface area (Å²) in [4.78, 5) is 24.1. The average molecular weight is 360 g/mol. The number of carboxylic acids is 1. The van der Waals surface area contributed by atoms with Gasteiger partial charge in [0.15, 0.2) is 0 Å². The fourth-order valence-electron chi connectivity index (χ4n) is 2.87. The second-order valence-electron chi connectivity index (χ2n) is 5.92. The molecule has 0 aliphatic carbocycles. The minimum absolute atomic E-state index is 0.0620. The minimum atomic E-state index is -1.39. The Kier molecular flexibility index (Phi) is 5.52. The van der Waals surface area contributed by atoms with Gasteiger partial charge in [0, 0.05) is 11.1 Å². The number of nitrogens with one attached hydrogen (secondary N) is 1. The van der Waals surface area contributed by atoms with Gasteiger partial charge in [-0.15, -0.1) is 0 Å². The van der Waals surface area contributed by atoms with Gasteiger partial charge in [0.2, 0.25) is 0 Å². The van der Waals surface area contributed by atoms with Crippen molar-refractivity contribution in [3.8, 4) is 5.75 Å². The van der Waals surface area contributed by atoms with Crippen molar-refractivity contribution in [3.05, 3.63) is 101 Å². The Hall–Kier alpha value is -3.60. The molecule has 0 saturated carbocycles. The Balaban J connectivity index is 1.97. The Morgan fingerprint density at radius 3 is 1.96 bits per heavy atom. The predicted molar refractivity (Wildman–Crippen MR) is 99.5 cm³/mol. The van der Waals surface area contributed by atoms with Gasteiger partial charge in [0.25, 0.3) is 5.91 Å². The molecule has 1 atom stereocenters. The molecule has 0 aromatic heterocycles. The number of hydrogen-bond acceptors (Lipinski definition) is 4. The number of carbonyl (C=O) groups excluding carboxylic acids is 2. The number of amides is 1. The second kappa shape index (κ2) is 8.19. The molecule has 3 rings (SSSR count). The van der Waals surface area contributed by atoms with Crippen LogP contribution in [-0.4, -0.2) is 19.0 Å². The first-order valence-corrected chi connectivity index (χ1v) is 8.40. The summed E-state index contributed by atoms with van der Waals surface area (Å²) in [6.45, 7) is 0. The van der Waals surface area contributed by atoms with Crippen LogP contribution in [0.5, 0.6) is 5.75 Å². The average Bonchev–Trinajstić information content (AvgIpc) is 2.72. The van der Waals surface area contributed by atoms with E-state index in [1.165, 1.54) is 12.1 Å². The van der Waals surface area contributed by atoms with Crippen LogP contribution in [0.4, 0.5) is 0 Å². The van der Waals surface area contributed by atoms with Crippen molar-refractivity contribution in [1.29, 1.82) is 0 Å². The lowest BCUT2D eigenvalue weighted by Crippen LogP contribution is -2.32. The second-order valence-corrected chi connectivity index (χ2v) is 5.92. The highest BCUT2D eigenvalue weighted by atomic mass is 16.5. The summed E-state index contributed by atoms with van der Waals surface area (Å²) in [7, 11) is 1.59. The lowest BCUT2D eigenvalue weighted by atomic mass is 9.97. The van der Waals surface area contributed by atoms with Crippen molar-refractivity contribution in [3.63, 3.8) is 0 Å². The topological polar surface area (TPSA) is 78.5 Å². The van der Waals surface area contributed by atoms with Crippen LogP contribution in [0.3, 0.4) is 0 Å². The van der Waals surface area contributed by atoms with Gasteiger partial charge < -0.3 is 20.0 Å². The zero-order valence-corrected chi connectivity index (χ0v) is 14.7. The first-order valence-electron chi connectivity index (χ1n) is 8.40. The lowest BCUT2D eigenvalue weighted by molar-refractivity contribution is -0.255. The van der Waals surface area contributed by atoms with E-state index in [0.717, 1.165) is 11.1 Å². The summed E-state index contributed by atoms with van der Waals surface area (Å²) in [5.74, 6) is -1.17. The molecule has 3 aromatic carbocycles. The van der Waals surface area contributed by atoms with Gasteiger partial charge in [-0.1, -0.05) is 60.7 Å². The first kappa shape index (κ1) is 18.2. The third-order valence-electron chi connectivity index (χ3n) is 4.25. The number of carbonyl (C=O) groups is 2. The van der Waals surface area contributed by atoms with Crippen LogP contribution in [-0.2, 0) is 0 Å². The molecule has 1 amide bonds. The number of benzene rings is 3. The molecular weight excluding hydrogens is 342 g/mol. The van der Waals surface area contributed by atoms with Crippen LogP contribution >= 0.6 is 0 Å². The number of hydrogen-bond donors (Lipinski definition) is 1. The molecule has 5 heteroatoms. The largest absolute Gasteiger partial charge is 0.545 e. The van der Waals surface area contributed by atoms with Crippen LogP contribution in [0, 0.1) is 0 Å². The fraction of sp³-hybridized carbons (Fsp3) is 0.0909. The van der Waals surface area contributed by atoms with E-state index in [1.807, 2.05) is 54.6 Å². The van der Waals surface area contributed by atoms with Crippen molar-refractivity contribution in [2.75, 3.05) is 7.11 Å². The summed E-state index contributed by atoms with van der Waals surface area (Å²) in [5.41, 5.74) is 1.65. The van der Waals surface area contributed by atoms with E-state index in [-0.39, 0.29) is 11.1 Å². The minimum Gasteiger partial charge on any atom is -0.545 e. The van der Waals surface area contributed by atoms with E-state index in [2.05, 4.69) is 5.32 Å². The molecular formula is C22H18NO4-. The Labute approximate surface area is 157 Å². The first-order chi connectivity index (χ1) is 13.1. The summed E-state index contributed by atoms with van der Waals surface area (Å²) < 4.78 is 5.19. The molecule has 136 valence electrons. The molecule has 0 aliphatic heterocycles. The molecule has 3 aromatic rings. The van der Waals surface area contributed by atoms with Crippen LogP contribution in [0.15, 0.2) is 78.9 Å². The molecule has 0 radical (unpaired) electrons. The molecule has 0 bridgehead atoms. The van der Waals surface area contributed by atoms with Gasteiger partial charge in [-0.05, 0) is 29.3 Å². The van der Waals surface area contributed by atoms with Gasteiger partial charge >= 0.3 is 0 Å². The van der Waals surface area contributed by atoms with E-state index >= 15 is 0 Å². The Morgan fingerprint density at radius 2 is 1.37 bits per heavy atom. The maximum Gasteiger partial charge on any atom is 0.252 e. The number of ether oxygens (including phenoxy) is 1. The summed E-state index contributed by atoms with van der Waals surface area (Å²) in [6.07, 6.45) is 0. The Bertz CT molecular complexity index is 936. The van der Waals surface area contributed by atoms with E-state index in [1.54, 1.807) is 19.2 Å². The number of rotatable bonds is 6. The van der Waals surface area contributed by atoms with Crippen LogP contribution < -0.4 is 15.2 Å². The number of methoxy groups -OCH3 is 1. The third-order valence-corrected chi connectivity index (χ3v) is 4.25. The molecule has 5 nitrogen and oxygen atoms in total. The van der Waals surface area contributed by atoms with Crippen LogP contribution in [0.2, 0.25) is 0 Å². The van der Waals surface area contributed by atoms with E-state index in [0.29, 0.717) is 5.75 Å². The third kappa shape index (κ3) is 4.15. The van der Waals surface area contributed by atoms with Crippen molar-refractivity contribution >= 4 is 11.9 Å². The van der Waals surface area contributed by atoms with Crippen molar-refractivity contribution in [2.24, 2.45) is 0 Å². The summed E-state index contributed by atoms with van der Waals surface area (Å²) >= 11 is 0. The standard InChI is InChI=1S/C22H19NO4/c1-27-17-13-11-16(12-14-17)20(15-7-3-2-4-8-15)23-21(24)18-9-5-6-10-19(18)22(25)26/h2-14,20H,1H3,(H,23,24)(H,25,26)/p-1/t20-/m1/s1. The zero-order chi connectivity index (χ0) is 19.2. The van der Waals surface area contributed by atoms with Gasteiger partial charge in [0.05, 0.1) is 19.1 Å². The van der Waals surface area contributed by atoms with Gasteiger partial charge in [0.1, 0.15) is 5.75 Å². The highest BCUT2D eigenvalue weighted by Crippen LogP contribution is 2.25. The fourth-order valence-corrected chi connectivity index (χ4v) is 2.87. The van der Waals surface area contributed by atoms with E-state index < -0.39 is 17.9 Å². The zero-order valence-electron chi connectivity index (χ0n) is 14.7. The van der Waals surface area contributed by atoms with Crippen LogP contribution in [0.25, 0.3) is 0 Å². The molecule has 0 fully saturated rings. The molecule has 0 spiro atoms. The van der Waals surface area contributed by atoms with E-state index in [9.17, 15) is 14.7 Å². The monoisotopic (exact) mass is 360 g/mol. The summed E-state index contributed by atoms with van der Waals surface area (Å²) in [6, 6.07) is 22.4. The van der Waals surface area contributed by atoms with Crippen molar-refractivity contribution in [1.82, 2.24) is 5.32 Å². The van der Waals surface area contributed by atoms with Crippen molar-refractivity contribution in [2.45, 2.75) is 6.04 Å². The lowest BCUT2D eigenvalue weighted by Gasteiger charge is -2.21. The Morgan fingerprint density at radius 1 is 0.815 bits per heavy atom. The van der Waals surface area contributed by atoms with Crippen molar-refractivity contribution < 1.29 is 19.4 Å².